The van der Waals surface area contributed by atoms with Gasteiger partial charge in [0.15, 0.2) is 23.7 Å². The van der Waals surface area contributed by atoms with Crippen molar-refractivity contribution in [2.75, 3.05) is 0 Å². The fourth-order valence-electron chi connectivity index (χ4n) is 3.27. The highest BCUT2D eigenvalue weighted by molar-refractivity contribution is 6.30. The van der Waals surface area contributed by atoms with Crippen LogP contribution in [0, 0.1) is 0 Å². The van der Waals surface area contributed by atoms with Gasteiger partial charge in [-0.3, -0.25) is 14.2 Å². The van der Waals surface area contributed by atoms with Crippen molar-refractivity contribution < 1.29 is 9.18 Å². The second kappa shape index (κ2) is 7.72. The van der Waals surface area contributed by atoms with E-state index in [0.29, 0.717) is 20.7 Å². The third kappa shape index (κ3) is 3.35. The van der Waals surface area contributed by atoms with Crippen LogP contribution < -0.4 is 11.2 Å². The van der Waals surface area contributed by atoms with Crippen molar-refractivity contribution in [2.24, 2.45) is 7.05 Å². The van der Waals surface area contributed by atoms with Crippen LogP contribution in [0.15, 0.2) is 64.4 Å². The zero-order chi connectivity index (χ0) is 21.4. The first-order valence-electron chi connectivity index (χ1n) is 9.00. The lowest BCUT2D eigenvalue weighted by molar-refractivity contribution is 0.103. The third-order valence-electron chi connectivity index (χ3n) is 4.90. The maximum Gasteiger partial charge on any atom is 0.334 e. The Bertz CT molecular complexity index is 1370. The molecule has 0 spiro atoms. The first-order chi connectivity index (χ1) is 14.4. The maximum absolute atomic E-state index is 13.2. The minimum atomic E-state index is -1.21. The second-order valence-corrected chi connectivity index (χ2v) is 7.21. The molecule has 0 aliphatic rings. The fourth-order valence-corrected chi connectivity index (χ4v) is 3.40. The minimum absolute atomic E-state index is 0.132. The number of fused-ring (bicyclic) bond motifs is 1. The molecule has 152 valence electrons. The van der Waals surface area contributed by atoms with E-state index in [-0.39, 0.29) is 23.5 Å². The van der Waals surface area contributed by atoms with Gasteiger partial charge in [-0.2, -0.15) is 0 Å². The molecule has 2 aromatic carbocycles. The molecule has 4 rings (SSSR count). The van der Waals surface area contributed by atoms with Gasteiger partial charge in [0.2, 0.25) is 0 Å². The lowest BCUT2D eigenvalue weighted by Crippen LogP contribution is -2.38. The smallest absolute Gasteiger partial charge is 0.320 e. The number of ketones is 1. The molecular formula is C21H16ClFN4O3. The molecule has 0 amide bonds. The summed E-state index contributed by atoms with van der Waals surface area (Å²) in [6.45, 7) is -0.945. The fraction of sp³-hybridized carbons (Fsp3) is 0.143. The number of rotatable bonds is 5. The number of aromatic nitrogens is 4. The molecule has 0 N–H and O–H groups in total. The number of nitrogens with zero attached hydrogens (tertiary/aromatic N) is 4. The summed E-state index contributed by atoms with van der Waals surface area (Å²) in [7, 11) is 1.44. The normalized spacial score (nSPS) is 11.2. The number of halogens is 2. The van der Waals surface area contributed by atoms with Gasteiger partial charge in [-0.1, -0.05) is 35.9 Å². The topological polar surface area (TPSA) is 78.9 Å². The number of carbonyl (C=O) groups is 1. The summed E-state index contributed by atoms with van der Waals surface area (Å²) in [4.78, 5) is 41.3. The number of imidazole rings is 1. The molecule has 4 aromatic rings. The third-order valence-corrected chi connectivity index (χ3v) is 5.15. The molecule has 0 atom stereocenters. The SMILES string of the molecule is Cn1c(=O)n(CF)c(=O)c2c1ncn2Cc1ccc(C(=O)c2ccc(Cl)cc2)cc1. The monoisotopic (exact) mass is 426 g/mol. The molecule has 0 saturated heterocycles. The Balaban J connectivity index is 1.66. The second-order valence-electron chi connectivity index (χ2n) is 6.77. The van der Waals surface area contributed by atoms with Crippen molar-refractivity contribution in [3.63, 3.8) is 0 Å². The van der Waals surface area contributed by atoms with E-state index >= 15 is 0 Å². The van der Waals surface area contributed by atoms with Crippen LogP contribution in [0.2, 0.25) is 5.02 Å². The zero-order valence-corrected chi connectivity index (χ0v) is 16.6. The summed E-state index contributed by atoms with van der Waals surface area (Å²) in [5, 5.41) is 0.554. The first kappa shape index (κ1) is 19.8. The van der Waals surface area contributed by atoms with E-state index in [2.05, 4.69) is 4.98 Å². The molecule has 0 saturated carbocycles. The van der Waals surface area contributed by atoms with Gasteiger partial charge in [0.25, 0.3) is 5.56 Å². The Labute approximate surface area is 174 Å². The van der Waals surface area contributed by atoms with Crippen molar-refractivity contribution in [2.45, 2.75) is 13.3 Å². The average molecular weight is 427 g/mol. The number of hydrogen-bond donors (Lipinski definition) is 0. The maximum atomic E-state index is 13.2. The summed E-state index contributed by atoms with van der Waals surface area (Å²) in [5.41, 5.74) is 0.675. The van der Waals surface area contributed by atoms with Crippen molar-refractivity contribution >= 4 is 28.5 Å². The van der Waals surface area contributed by atoms with Gasteiger partial charge in [-0.05, 0) is 29.8 Å². The van der Waals surface area contributed by atoms with E-state index in [1.165, 1.54) is 13.4 Å². The van der Waals surface area contributed by atoms with Gasteiger partial charge in [0.05, 0.1) is 6.33 Å². The highest BCUT2D eigenvalue weighted by atomic mass is 35.5. The van der Waals surface area contributed by atoms with Crippen LogP contribution in [-0.2, 0) is 20.4 Å². The molecule has 0 aliphatic carbocycles. The van der Waals surface area contributed by atoms with Crippen molar-refractivity contribution in [3.05, 3.63) is 97.4 Å². The van der Waals surface area contributed by atoms with Crippen LogP contribution in [0.4, 0.5) is 4.39 Å². The molecule has 0 unspecified atom stereocenters. The Morgan fingerprint density at radius 2 is 1.63 bits per heavy atom. The molecule has 0 aliphatic heterocycles. The lowest BCUT2D eigenvalue weighted by atomic mass is 10.0. The van der Waals surface area contributed by atoms with Crippen molar-refractivity contribution in [3.8, 4) is 0 Å². The molecule has 30 heavy (non-hydrogen) atoms. The van der Waals surface area contributed by atoms with E-state index in [9.17, 15) is 18.8 Å². The predicted octanol–water partition coefficient (Wildman–Crippen LogP) is 2.76. The quantitative estimate of drug-likeness (QED) is 0.460. The number of hydrogen-bond acceptors (Lipinski definition) is 4. The predicted molar refractivity (Wildman–Crippen MR) is 111 cm³/mol. The Hall–Kier alpha value is -3.52. The van der Waals surface area contributed by atoms with Gasteiger partial charge in [0, 0.05) is 29.7 Å². The number of alkyl halides is 1. The molecule has 2 aromatic heterocycles. The Morgan fingerprint density at radius 1 is 1.03 bits per heavy atom. The Kier molecular flexibility index (Phi) is 5.09. The summed E-state index contributed by atoms with van der Waals surface area (Å²) >= 11 is 5.86. The van der Waals surface area contributed by atoms with Gasteiger partial charge in [-0.25, -0.2) is 18.7 Å². The van der Waals surface area contributed by atoms with E-state index in [1.807, 2.05) is 0 Å². The molecular weight excluding hydrogens is 411 g/mol. The van der Waals surface area contributed by atoms with Gasteiger partial charge in [0.1, 0.15) is 0 Å². The summed E-state index contributed by atoms with van der Waals surface area (Å²) in [6.07, 6.45) is 1.43. The number of benzene rings is 2. The Morgan fingerprint density at radius 3 is 2.23 bits per heavy atom. The van der Waals surface area contributed by atoms with Crippen LogP contribution in [0.3, 0.4) is 0 Å². The molecule has 0 fully saturated rings. The van der Waals surface area contributed by atoms with Crippen molar-refractivity contribution in [1.82, 2.24) is 18.7 Å². The van der Waals surface area contributed by atoms with Crippen LogP contribution >= 0.6 is 11.6 Å². The number of carbonyl (C=O) groups excluding carboxylic acids is 1. The van der Waals surface area contributed by atoms with Gasteiger partial charge < -0.3 is 4.57 Å². The van der Waals surface area contributed by atoms with Gasteiger partial charge in [-0.15, -0.1) is 0 Å². The van der Waals surface area contributed by atoms with E-state index in [0.717, 1.165) is 10.1 Å². The molecule has 0 radical (unpaired) electrons. The summed E-state index contributed by atoms with van der Waals surface area (Å²) < 4.78 is 16.4. The molecule has 2 heterocycles. The van der Waals surface area contributed by atoms with Crippen LogP contribution in [-0.4, -0.2) is 24.5 Å². The van der Waals surface area contributed by atoms with Gasteiger partial charge >= 0.3 is 5.69 Å². The number of aryl methyl sites for hydroxylation is 1. The van der Waals surface area contributed by atoms with E-state index < -0.39 is 18.0 Å². The van der Waals surface area contributed by atoms with E-state index in [4.69, 9.17) is 11.6 Å². The van der Waals surface area contributed by atoms with Crippen LogP contribution in [0.5, 0.6) is 0 Å². The average Bonchev–Trinajstić information content (AvgIpc) is 3.17. The van der Waals surface area contributed by atoms with E-state index in [1.54, 1.807) is 53.1 Å². The lowest BCUT2D eigenvalue weighted by Gasteiger charge is -2.08. The molecule has 0 bridgehead atoms. The van der Waals surface area contributed by atoms with Crippen LogP contribution in [0.25, 0.3) is 11.2 Å². The zero-order valence-electron chi connectivity index (χ0n) is 15.9. The summed E-state index contributed by atoms with van der Waals surface area (Å²) in [6, 6.07) is 13.6. The highest BCUT2D eigenvalue weighted by Crippen LogP contribution is 2.16. The van der Waals surface area contributed by atoms with Crippen molar-refractivity contribution in [1.29, 1.82) is 0 Å². The standard InChI is InChI=1S/C21H16ClFN4O3/c1-25-19-17(20(29)27(11-23)21(25)30)26(12-24-19)10-13-2-4-14(5-3-13)18(28)15-6-8-16(22)9-7-15/h2-9,12H,10-11H2,1H3. The first-order valence-corrected chi connectivity index (χ1v) is 9.38. The highest BCUT2D eigenvalue weighted by Gasteiger charge is 2.16. The minimum Gasteiger partial charge on any atom is -0.320 e. The molecule has 9 heteroatoms. The van der Waals surface area contributed by atoms with Crippen LogP contribution in [0.1, 0.15) is 21.5 Å². The molecule has 7 nitrogen and oxygen atoms in total. The largest absolute Gasteiger partial charge is 0.334 e. The summed E-state index contributed by atoms with van der Waals surface area (Å²) in [5.74, 6) is -0.132.